The van der Waals surface area contributed by atoms with Crippen LogP contribution >= 0.6 is 0 Å². The standard InChI is InChI=1S/C14H12F2N4O/c15-11-3-9-10(6-18-13(9)4-12(11)16)8-5-19-20(7-8)2-1-14(17)21/h3-7,18H,1-2H2,(H2,17,21). The zero-order valence-electron chi connectivity index (χ0n) is 10.9. The summed E-state index contributed by atoms with van der Waals surface area (Å²) < 4.78 is 28.1. The lowest BCUT2D eigenvalue weighted by Crippen LogP contribution is -2.13. The number of aryl methyl sites for hydroxylation is 1. The number of nitrogens with one attached hydrogen (secondary N) is 1. The number of nitrogens with two attached hydrogens (primary N) is 1. The fourth-order valence-electron chi connectivity index (χ4n) is 2.21. The van der Waals surface area contributed by atoms with Gasteiger partial charge < -0.3 is 10.7 Å². The van der Waals surface area contributed by atoms with E-state index in [0.29, 0.717) is 23.0 Å². The molecule has 2 heterocycles. The second-order valence-corrected chi connectivity index (χ2v) is 4.72. The van der Waals surface area contributed by atoms with Gasteiger partial charge in [0.2, 0.25) is 5.91 Å². The minimum absolute atomic E-state index is 0.189. The van der Waals surface area contributed by atoms with E-state index >= 15 is 0 Å². The Morgan fingerprint density at radius 3 is 2.86 bits per heavy atom. The summed E-state index contributed by atoms with van der Waals surface area (Å²) in [5.41, 5.74) is 7.06. The molecule has 0 aliphatic heterocycles. The molecule has 0 aliphatic rings. The number of carbonyl (C=O) groups is 1. The van der Waals surface area contributed by atoms with Gasteiger partial charge in [-0.25, -0.2) is 8.78 Å². The lowest BCUT2D eigenvalue weighted by molar-refractivity contribution is -0.118. The Hall–Kier alpha value is -2.70. The van der Waals surface area contributed by atoms with E-state index in [1.807, 2.05) is 0 Å². The first kappa shape index (κ1) is 13.3. The van der Waals surface area contributed by atoms with Crippen molar-refractivity contribution in [3.05, 3.63) is 42.4 Å². The molecule has 1 amide bonds. The molecule has 0 saturated carbocycles. The summed E-state index contributed by atoms with van der Waals surface area (Å²) in [6, 6.07) is 2.27. The average molecular weight is 290 g/mol. The molecular formula is C14H12F2N4O. The van der Waals surface area contributed by atoms with Crippen molar-refractivity contribution in [2.45, 2.75) is 13.0 Å². The predicted molar refractivity (Wildman–Crippen MR) is 73.2 cm³/mol. The number of hydrogen-bond acceptors (Lipinski definition) is 2. The van der Waals surface area contributed by atoms with Crippen LogP contribution in [0, 0.1) is 11.6 Å². The molecule has 5 nitrogen and oxygen atoms in total. The van der Waals surface area contributed by atoms with Gasteiger partial charge in [-0.3, -0.25) is 9.48 Å². The fraction of sp³-hybridized carbons (Fsp3) is 0.143. The Morgan fingerprint density at radius 2 is 2.10 bits per heavy atom. The first-order valence-corrected chi connectivity index (χ1v) is 6.32. The number of hydrogen-bond donors (Lipinski definition) is 2. The number of H-pyrrole nitrogens is 1. The van der Waals surface area contributed by atoms with Gasteiger partial charge in [0.1, 0.15) is 0 Å². The van der Waals surface area contributed by atoms with Gasteiger partial charge in [0, 0.05) is 53.5 Å². The third kappa shape index (κ3) is 2.49. The predicted octanol–water partition coefficient (Wildman–Crippen LogP) is 2.18. The van der Waals surface area contributed by atoms with Crippen molar-refractivity contribution in [1.82, 2.24) is 14.8 Å². The molecule has 0 fully saturated rings. The van der Waals surface area contributed by atoms with E-state index in [1.165, 1.54) is 0 Å². The van der Waals surface area contributed by atoms with Crippen LogP contribution < -0.4 is 5.73 Å². The summed E-state index contributed by atoms with van der Waals surface area (Å²) in [7, 11) is 0. The number of nitrogens with zero attached hydrogens (tertiary/aromatic N) is 2. The van der Waals surface area contributed by atoms with Crippen LogP contribution in [0.15, 0.2) is 30.7 Å². The molecule has 3 aromatic rings. The van der Waals surface area contributed by atoms with Crippen molar-refractivity contribution >= 4 is 16.8 Å². The Labute approximate surface area is 118 Å². The van der Waals surface area contributed by atoms with Gasteiger partial charge in [0.25, 0.3) is 0 Å². The zero-order chi connectivity index (χ0) is 15.0. The van der Waals surface area contributed by atoms with Gasteiger partial charge in [0.15, 0.2) is 11.6 Å². The van der Waals surface area contributed by atoms with Gasteiger partial charge in [-0.2, -0.15) is 5.10 Å². The maximum atomic E-state index is 13.4. The molecule has 0 aliphatic carbocycles. The third-order valence-corrected chi connectivity index (χ3v) is 3.25. The first-order chi connectivity index (χ1) is 10.0. The minimum atomic E-state index is -0.899. The number of fused-ring (bicyclic) bond motifs is 1. The van der Waals surface area contributed by atoms with E-state index in [1.54, 1.807) is 23.3 Å². The molecule has 108 valence electrons. The van der Waals surface area contributed by atoms with Crippen LogP contribution in [0.4, 0.5) is 8.78 Å². The number of primary amides is 1. The molecule has 0 bridgehead atoms. The Morgan fingerprint density at radius 1 is 1.33 bits per heavy atom. The Balaban J connectivity index is 1.97. The second-order valence-electron chi connectivity index (χ2n) is 4.72. The highest BCUT2D eigenvalue weighted by Gasteiger charge is 2.12. The summed E-state index contributed by atoms with van der Waals surface area (Å²) in [5.74, 6) is -2.20. The molecule has 3 rings (SSSR count). The lowest BCUT2D eigenvalue weighted by Gasteiger charge is -1.98. The highest BCUT2D eigenvalue weighted by molar-refractivity contribution is 5.95. The molecule has 1 aromatic carbocycles. The number of rotatable bonds is 4. The maximum absolute atomic E-state index is 13.4. The van der Waals surface area contributed by atoms with Gasteiger partial charge in [-0.1, -0.05) is 0 Å². The second kappa shape index (κ2) is 5.01. The molecular weight excluding hydrogens is 278 g/mol. The van der Waals surface area contributed by atoms with Crippen molar-refractivity contribution in [2.75, 3.05) is 0 Å². The smallest absolute Gasteiger partial charge is 0.219 e. The highest BCUT2D eigenvalue weighted by Crippen LogP contribution is 2.29. The van der Waals surface area contributed by atoms with E-state index in [0.717, 1.165) is 17.7 Å². The van der Waals surface area contributed by atoms with Crippen LogP contribution in [0.25, 0.3) is 22.0 Å². The summed E-state index contributed by atoms with van der Waals surface area (Å²) in [6.45, 7) is 0.376. The quantitative estimate of drug-likeness (QED) is 0.772. The van der Waals surface area contributed by atoms with E-state index in [-0.39, 0.29) is 6.42 Å². The van der Waals surface area contributed by atoms with Gasteiger partial charge in [-0.15, -0.1) is 0 Å². The van der Waals surface area contributed by atoms with Crippen molar-refractivity contribution in [3.8, 4) is 11.1 Å². The van der Waals surface area contributed by atoms with Crippen LogP contribution in [-0.4, -0.2) is 20.7 Å². The summed E-state index contributed by atoms with van der Waals surface area (Å²) >= 11 is 0. The summed E-state index contributed by atoms with van der Waals surface area (Å²) in [4.78, 5) is 13.6. The van der Waals surface area contributed by atoms with Crippen molar-refractivity contribution in [3.63, 3.8) is 0 Å². The molecule has 0 radical (unpaired) electrons. The minimum Gasteiger partial charge on any atom is -0.370 e. The monoisotopic (exact) mass is 290 g/mol. The van der Waals surface area contributed by atoms with Gasteiger partial charge >= 0.3 is 0 Å². The fourth-order valence-corrected chi connectivity index (χ4v) is 2.21. The number of benzene rings is 1. The molecule has 0 atom stereocenters. The van der Waals surface area contributed by atoms with E-state index in [4.69, 9.17) is 5.73 Å². The SMILES string of the molecule is NC(=O)CCn1cc(-c2c[nH]c3cc(F)c(F)cc23)cn1. The zero-order valence-corrected chi connectivity index (χ0v) is 10.9. The molecule has 21 heavy (non-hydrogen) atoms. The summed E-state index contributed by atoms with van der Waals surface area (Å²) in [5, 5.41) is 4.69. The molecule has 3 N–H and O–H groups in total. The molecule has 0 spiro atoms. The lowest BCUT2D eigenvalue weighted by atomic mass is 10.1. The van der Waals surface area contributed by atoms with Crippen LogP contribution in [0.1, 0.15) is 6.42 Å². The normalized spacial score (nSPS) is 11.1. The largest absolute Gasteiger partial charge is 0.370 e. The Kier molecular flexibility index (Phi) is 3.17. The first-order valence-electron chi connectivity index (χ1n) is 6.32. The van der Waals surface area contributed by atoms with Crippen molar-refractivity contribution in [2.24, 2.45) is 5.73 Å². The van der Waals surface area contributed by atoms with E-state index in [2.05, 4.69) is 10.1 Å². The molecule has 2 aromatic heterocycles. The maximum Gasteiger partial charge on any atom is 0.219 e. The third-order valence-electron chi connectivity index (χ3n) is 3.25. The Bertz CT molecular complexity index is 822. The van der Waals surface area contributed by atoms with Crippen LogP contribution in [0.2, 0.25) is 0 Å². The van der Waals surface area contributed by atoms with Gasteiger partial charge in [-0.05, 0) is 6.07 Å². The average Bonchev–Trinajstić information content (AvgIpc) is 3.03. The van der Waals surface area contributed by atoms with Crippen LogP contribution in [0.3, 0.4) is 0 Å². The number of aromatic amines is 1. The number of amides is 1. The van der Waals surface area contributed by atoms with Crippen molar-refractivity contribution < 1.29 is 13.6 Å². The molecule has 7 heteroatoms. The van der Waals surface area contributed by atoms with E-state index in [9.17, 15) is 13.6 Å². The number of aromatic nitrogens is 3. The van der Waals surface area contributed by atoms with Crippen LogP contribution in [0.5, 0.6) is 0 Å². The topological polar surface area (TPSA) is 76.7 Å². The molecule has 0 saturated heterocycles. The molecule has 0 unspecified atom stereocenters. The summed E-state index contributed by atoms with van der Waals surface area (Å²) in [6.07, 6.45) is 5.19. The number of halogens is 2. The number of carbonyl (C=O) groups excluding carboxylic acids is 1. The highest BCUT2D eigenvalue weighted by atomic mass is 19.2. The van der Waals surface area contributed by atoms with Gasteiger partial charge in [0.05, 0.1) is 6.20 Å². The van der Waals surface area contributed by atoms with E-state index < -0.39 is 17.5 Å². The van der Waals surface area contributed by atoms with Crippen molar-refractivity contribution in [1.29, 1.82) is 0 Å². The van der Waals surface area contributed by atoms with Crippen LogP contribution in [-0.2, 0) is 11.3 Å².